The van der Waals surface area contributed by atoms with E-state index in [2.05, 4.69) is 11.9 Å². The van der Waals surface area contributed by atoms with Crippen molar-refractivity contribution in [2.24, 2.45) is 4.99 Å². The van der Waals surface area contributed by atoms with Crippen molar-refractivity contribution in [3.05, 3.63) is 0 Å². The summed E-state index contributed by atoms with van der Waals surface area (Å²) in [6, 6.07) is 0. The Balaban J connectivity index is 2.47. The highest BCUT2D eigenvalue weighted by Crippen LogP contribution is 2.23. The lowest BCUT2D eigenvalue weighted by molar-refractivity contribution is -0.877. The van der Waals surface area contributed by atoms with E-state index in [1.54, 1.807) is 6.92 Å². The molecule has 0 aromatic heterocycles. The number of carboxylic acid groups (broad SMARTS) is 1. The number of unbranched alkanes of at least 4 members (excludes halogenated alkanes) is 5. The Morgan fingerprint density at radius 1 is 1.30 bits per heavy atom. The summed E-state index contributed by atoms with van der Waals surface area (Å²) in [4.78, 5) is 15.5. The van der Waals surface area contributed by atoms with Crippen LogP contribution in [0.4, 0.5) is 0 Å². The average molecular weight is 285 g/mol. The molecule has 2 atom stereocenters. The molecule has 0 spiro atoms. The number of nitrogens with zero attached hydrogens (tertiary/aromatic N) is 2. The van der Waals surface area contributed by atoms with Crippen LogP contribution in [0.5, 0.6) is 0 Å². The molecule has 1 aliphatic rings. The highest BCUT2D eigenvalue weighted by Gasteiger charge is 2.43. The molecule has 0 radical (unpaired) electrons. The largest absolute Gasteiger partial charge is 0.477 e. The number of quaternary nitrogens is 1. The molecule has 0 aromatic rings. The van der Waals surface area contributed by atoms with E-state index >= 15 is 0 Å². The van der Waals surface area contributed by atoms with E-state index in [0.717, 1.165) is 25.1 Å². The normalized spacial score (nSPS) is 23.6. The maximum absolute atomic E-state index is 11.1. The van der Waals surface area contributed by atoms with Gasteiger partial charge in [0.15, 0.2) is 12.8 Å². The summed E-state index contributed by atoms with van der Waals surface area (Å²) in [6.45, 7) is 5.05. The Morgan fingerprint density at radius 3 is 2.55 bits per heavy atom. The van der Waals surface area contributed by atoms with Crippen LogP contribution in [-0.2, 0) is 4.79 Å². The standard InChI is InChI=1S/C15H28N2O3/c1-3-4-5-6-7-8-9-14-16-10-11-17(14,13(2)18)12-15(19)20/h13,18H,3-12H2,1-2H3/p+1. The van der Waals surface area contributed by atoms with Crippen LogP contribution in [0.15, 0.2) is 4.99 Å². The second-order valence-corrected chi connectivity index (χ2v) is 5.76. The Kier molecular flexibility index (Phi) is 7.16. The highest BCUT2D eigenvalue weighted by atomic mass is 16.4. The number of aliphatic hydroxyl groups excluding tert-OH is 1. The molecule has 0 bridgehead atoms. The molecule has 0 aromatic carbocycles. The monoisotopic (exact) mass is 285 g/mol. The first-order valence-electron chi connectivity index (χ1n) is 7.83. The van der Waals surface area contributed by atoms with Crippen LogP contribution in [0.25, 0.3) is 0 Å². The fraction of sp³-hybridized carbons (Fsp3) is 0.867. The van der Waals surface area contributed by atoms with Gasteiger partial charge in [-0.25, -0.2) is 14.3 Å². The van der Waals surface area contributed by atoms with Gasteiger partial charge in [0.25, 0.3) is 0 Å². The topological polar surface area (TPSA) is 69.9 Å². The van der Waals surface area contributed by atoms with Gasteiger partial charge in [-0.2, -0.15) is 0 Å². The fourth-order valence-electron chi connectivity index (χ4n) is 2.94. The van der Waals surface area contributed by atoms with E-state index in [-0.39, 0.29) is 11.0 Å². The molecule has 1 rings (SSSR count). The molecular weight excluding hydrogens is 256 g/mol. The summed E-state index contributed by atoms with van der Waals surface area (Å²) in [7, 11) is 0. The van der Waals surface area contributed by atoms with Crippen LogP contribution < -0.4 is 0 Å². The molecule has 5 heteroatoms. The summed E-state index contributed by atoms with van der Waals surface area (Å²) in [5.41, 5.74) is 0. The third-order valence-corrected chi connectivity index (χ3v) is 4.19. The van der Waals surface area contributed by atoms with Gasteiger partial charge in [0.05, 0.1) is 6.54 Å². The molecule has 1 aliphatic heterocycles. The van der Waals surface area contributed by atoms with Gasteiger partial charge in [-0.1, -0.05) is 39.0 Å². The van der Waals surface area contributed by atoms with Crippen molar-refractivity contribution >= 4 is 11.8 Å². The molecule has 0 fully saturated rings. The first-order chi connectivity index (χ1) is 9.53. The zero-order chi connectivity index (χ0) is 15.0. The third kappa shape index (κ3) is 4.56. The molecule has 2 unspecified atom stereocenters. The van der Waals surface area contributed by atoms with Gasteiger partial charge in [0, 0.05) is 13.3 Å². The van der Waals surface area contributed by atoms with Crippen LogP contribution in [0, 0.1) is 0 Å². The van der Waals surface area contributed by atoms with Gasteiger partial charge in [-0.05, 0) is 6.42 Å². The quantitative estimate of drug-likeness (QED) is 0.478. The number of carbonyl (C=O) groups is 1. The Labute approximate surface area is 121 Å². The maximum atomic E-state index is 11.1. The van der Waals surface area contributed by atoms with Gasteiger partial charge in [-0.3, -0.25) is 0 Å². The lowest BCUT2D eigenvalue weighted by Gasteiger charge is -2.35. The predicted molar refractivity (Wildman–Crippen MR) is 79.6 cm³/mol. The number of amidine groups is 1. The minimum absolute atomic E-state index is 0.0632. The number of aliphatic hydroxyl groups is 1. The summed E-state index contributed by atoms with van der Waals surface area (Å²) >= 11 is 0. The second-order valence-electron chi connectivity index (χ2n) is 5.76. The molecule has 116 valence electrons. The van der Waals surface area contributed by atoms with Crippen molar-refractivity contribution in [3.63, 3.8) is 0 Å². The van der Waals surface area contributed by atoms with Crippen molar-refractivity contribution in [2.75, 3.05) is 19.6 Å². The molecule has 2 N–H and O–H groups in total. The Hall–Kier alpha value is -0.940. The summed E-state index contributed by atoms with van der Waals surface area (Å²) in [6.07, 6.45) is 7.34. The van der Waals surface area contributed by atoms with Crippen molar-refractivity contribution in [1.29, 1.82) is 0 Å². The smallest absolute Gasteiger partial charge is 0.359 e. The average Bonchev–Trinajstić information content (AvgIpc) is 2.77. The first-order valence-corrected chi connectivity index (χ1v) is 7.83. The summed E-state index contributed by atoms with van der Waals surface area (Å²) in [5, 5.41) is 19.1. The number of carboxylic acids is 1. The number of hydrogen-bond acceptors (Lipinski definition) is 3. The molecule has 5 nitrogen and oxygen atoms in total. The molecular formula is C15H29N2O3+. The van der Waals surface area contributed by atoms with Crippen LogP contribution in [0.3, 0.4) is 0 Å². The Bertz CT molecular complexity index is 342. The third-order valence-electron chi connectivity index (χ3n) is 4.19. The lowest BCUT2D eigenvalue weighted by Crippen LogP contribution is -2.59. The van der Waals surface area contributed by atoms with Crippen LogP contribution >= 0.6 is 0 Å². The predicted octanol–water partition coefficient (Wildman–Crippen LogP) is 2.39. The first kappa shape index (κ1) is 17.1. The van der Waals surface area contributed by atoms with Crippen LogP contribution in [0.1, 0.15) is 58.8 Å². The van der Waals surface area contributed by atoms with E-state index in [0.29, 0.717) is 13.1 Å². The van der Waals surface area contributed by atoms with Crippen molar-refractivity contribution < 1.29 is 19.5 Å². The summed E-state index contributed by atoms with van der Waals surface area (Å²) < 4.78 is 0.129. The molecule has 0 aliphatic carbocycles. The Morgan fingerprint density at radius 2 is 1.95 bits per heavy atom. The molecule has 1 heterocycles. The number of hydrogen-bond donors (Lipinski definition) is 2. The second kappa shape index (κ2) is 8.37. The minimum atomic E-state index is -0.872. The molecule has 20 heavy (non-hydrogen) atoms. The van der Waals surface area contributed by atoms with E-state index < -0.39 is 12.2 Å². The zero-order valence-electron chi connectivity index (χ0n) is 12.8. The van der Waals surface area contributed by atoms with Gasteiger partial charge in [0.2, 0.25) is 5.84 Å². The van der Waals surface area contributed by atoms with Crippen molar-refractivity contribution in [1.82, 2.24) is 0 Å². The minimum Gasteiger partial charge on any atom is -0.477 e. The van der Waals surface area contributed by atoms with E-state index in [9.17, 15) is 9.90 Å². The van der Waals surface area contributed by atoms with Crippen LogP contribution in [0.2, 0.25) is 0 Å². The molecule has 0 amide bonds. The summed E-state index contributed by atoms with van der Waals surface area (Å²) in [5.74, 6) is 0.00124. The van der Waals surface area contributed by atoms with Gasteiger partial charge >= 0.3 is 5.97 Å². The van der Waals surface area contributed by atoms with Gasteiger partial charge in [-0.15, -0.1) is 0 Å². The number of aliphatic carboxylic acids is 1. The SMILES string of the molecule is CCCCCCCCC1=NCC[N+]1(CC(=O)O)C(C)O. The van der Waals surface area contributed by atoms with Crippen molar-refractivity contribution in [3.8, 4) is 0 Å². The number of aliphatic imine (C=N–C) groups is 1. The lowest BCUT2D eigenvalue weighted by atomic mass is 10.1. The maximum Gasteiger partial charge on any atom is 0.359 e. The molecule has 0 saturated carbocycles. The fourth-order valence-corrected chi connectivity index (χ4v) is 2.94. The van der Waals surface area contributed by atoms with Gasteiger partial charge < -0.3 is 10.2 Å². The van der Waals surface area contributed by atoms with E-state index in [4.69, 9.17) is 5.11 Å². The van der Waals surface area contributed by atoms with Crippen molar-refractivity contribution in [2.45, 2.75) is 65.0 Å². The number of rotatable bonds is 10. The zero-order valence-corrected chi connectivity index (χ0v) is 12.8. The van der Waals surface area contributed by atoms with Crippen LogP contribution in [-0.4, -0.2) is 52.4 Å². The molecule has 0 saturated heterocycles. The van der Waals surface area contributed by atoms with Gasteiger partial charge in [0.1, 0.15) is 6.54 Å². The highest BCUT2D eigenvalue weighted by molar-refractivity contribution is 5.80. The van der Waals surface area contributed by atoms with E-state index in [1.807, 2.05) is 0 Å². The van der Waals surface area contributed by atoms with E-state index in [1.165, 1.54) is 25.7 Å².